The van der Waals surface area contributed by atoms with Crippen LogP contribution in [0.4, 0.5) is 10.6 Å². The molecule has 0 saturated carbocycles. The first-order valence-corrected chi connectivity index (χ1v) is 8.32. The highest BCUT2D eigenvalue weighted by Gasteiger charge is 2.19. The molecular weight excluding hydrogens is 292 g/mol. The summed E-state index contributed by atoms with van der Waals surface area (Å²) in [5.74, 6) is 1.38. The molecule has 0 aliphatic rings. The molecule has 0 saturated heterocycles. The van der Waals surface area contributed by atoms with Crippen LogP contribution in [0.5, 0.6) is 0 Å². The summed E-state index contributed by atoms with van der Waals surface area (Å²) >= 11 is 0. The molecule has 1 unspecified atom stereocenters. The lowest BCUT2D eigenvalue weighted by Crippen LogP contribution is -2.29. The van der Waals surface area contributed by atoms with Crippen LogP contribution in [0.1, 0.15) is 59.9 Å². The molecule has 2 N–H and O–H groups in total. The molecule has 23 heavy (non-hydrogen) atoms. The Hall–Kier alpha value is -1.56. The monoisotopic (exact) mass is 324 g/mol. The molecular formula is C17H32N4O2. The summed E-state index contributed by atoms with van der Waals surface area (Å²) < 4.78 is 6.95. The maximum absolute atomic E-state index is 12.0. The molecule has 6 heteroatoms. The van der Waals surface area contributed by atoms with Crippen LogP contribution in [0.2, 0.25) is 0 Å². The molecule has 1 rings (SSSR count). The second kappa shape index (κ2) is 8.34. The Balaban J connectivity index is 2.59. The van der Waals surface area contributed by atoms with E-state index in [1.54, 1.807) is 17.9 Å². The van der Waals surface area contributed by atoms with Gasteiger partial charge in [-0.05, 0) is 46.5 Å². The van der Waals surface area contributed by atoms with Gasteiger partial charge in [-0.2, -0.15) is 5.10 Å². The van der Waals surface area contributed by atoms with Crippen LogP contribution in [-0.4, -0.2) is 27.5 Å². The van der Waals surface area contributed by atoms with Crippen LogP contribution >= 0.6 is 0 Å². The van der Waals surface area contributed by atoms with E-state index in [9.17, 15) is 4.79 Å². The fraction of sp³-hybridized carbons (Fsp3) is 0.765. The summed E-state index contributed by atoms with van der Waals surface area (Å²) in [6.45, 7) is 12.8. The number of nitrogens with zero attached hydrogens (tertiary/aromatic N) is 2. The van der Waals surface area contributed by atoms with E-state index in [-0.39, 0.29) is 0 Å². The van der Waals surface area contributed by atoms with Gasteiger partial charge in [0, 0.05) is 25.2 Å². The van der Waals surface area contributed by atoms with Gasteiger partial charge in [0.2, 0.25) is 0 Å². The van der Waals surface area contributed by atoms with Crippen molar-refractivity contribution >= 4 is 11.9 Å². The van der Waals surface area contributed by atoms with E-state index in [1.807, 2.05) is 20.8 Å². The number of carbonyl (C=O) groups excluding carboxylic acids is 1. The van der Waals surface area contributed by atoms with Crippen molar-refractivity contribution < 1.29 is 9.53 Å². The van der Waals surface area contributed by atoms with Gasteiger partial charge in [-0.3, -0.25) is 10.00 Å². The van der Waals surface area contributed by atoms with Crippen molar-refractivity contribution in [3.8, 4) is 0 Å². The van der Waals surface area contributed by atoms with Crippen LogP contribution < -0.4 is 10.6 Å². The highest BCUT2D eigenvalue weighted by molar-refractivity contribution is 5.84. The number of anilines is 1. The minimum Gasteiger partial charge on any atom is -0.444 e. The van der Waals surface area contributed by atoms with Crippen molar-refractivity contribution in [3.63, 3.8) is 0 Å². The number of aromatic nitrogens is 2. The zero-order valence-corrected chi connectivity index (χ0v) is 15.6. The van der Waals surface area contributed by atoms with E-state index in [0.29, 0.717) is 24.3 Å². The molecule has 1 aromatic rings. The zero-order valence-electron chi connectivity index (χ0n) is 15.6. The van der Waals surface area contributed by atoms with Crippen LogP contribution in [0.15, 0.2) is 6.20 Å². The lowest BCUT2D eigenvalue weighted by molar-refractivity contribution is 0.0634. The number of amides is 1. The average Bonchev–Trinajstić information content (AvgIpc) is 2.73. The molecule has 132 valence electrons. The van der Waals surface area contributed by atoms with Crippen LogP contribution in [0, 0.1) is 5.92 Å². The Kier molecular flexibility index (Phi) is 7.06. The number of aryl methyl sites for hydroxylation is 1. The van der Waals surface area contributed by atoms with Gasteiger partial charge >= 0.3 is 6.09 Å². The molecule has 0 bridgehead atoms. The molecule has 0 fully saturated rings. The predicted octanol–water partition coefficient (Wildman–Crippen LogP) is 3.68. The maximum atomic E-state index is 12.0. The van der Waals surface area contributed by atoms with Crippen molar-refractivity contribution in [2.75, 3.05) is 5.32 Å². The van der Waals surface area contributed by atoms with Gasteiger partial charge in [0.05, 0.1) is 6.20 Å². The molecule has 0 spiro atoms. The largest absolute Gasteiger partial charge is 0.444 e. The minimum atomic E-state index is -0.521. The van der Waals surface area contributed by atoms with Gasteiger partial charge in [0.25, 0.3) is 0 Å². The number of nitrogens with one attached hydrogen (secondary N) is 2. The predicted molar refractivity (Wildman–Crippen MR) is 93.4 cm³/mol. The molecule has 0 aromatic carbocycles. The van der Waals surface area contributed by atoms with E-state index in [0.717, 1.165) is 12.0 Å². The second-order valence-electron chi connectivity index (χ2n) is 7.52. The lowest BCUT2D eigenvalue weighted by atomic mass is 10.0. The Morgan fingerprint density at radius 3 is 2.52 bits per heavy atom. The number of ether oxygens (including phenoxy) is 1. The van der Waals surface area contributed by atoms with Crippen molar-refractivity contribution in [2.24, 2.45) is 13.0 Å². The summed E-state index contributed by atoms with van der Waals surface area (Å²) in [5.41, 5.74) is 0.432. The van der Waals surface area contributed by atoms with Gasteiger partial charge in [-0.1, -0.05) is 13.8 Å². The maximum Gasteiger partial charge on any atom is 0.413 e. The molecule has 0 aliphatic carbocycles. The molecule has 1 aromatic heterocycles. The number of carbonyl (C=O) groups is 1. The van der Waals surface area contributed by atoms with E-state index < -0.39 is 11.7 Å². The Bertz CT molecular complexity index is 503. The van der Waals surface area contributed by atoms with Crippen LogP contribution in [0.25, 0.3) is 0 Å². The van der Waals surface area contributed by atoms with Gasteiger partial charge in [0.1, 0.15) is 11.4 Å². The third-order valence-electron chi connectivity index (χ3n) is 3.45. The van der Waals surface area contributed by atoms with E-state index in [2.05, 4.69) is 36.5 Å². The third kappa shape index (κ3) is 7.50. The highest BCUT2D eigenvalue weighted by atomic mass is 16.6. The fourth-order valence-corrected chi connectivity index (χ4v) is 2.14. The standard InChI is InChI=1S/C17H32N4O2/c1-12(2)8-9-13(3)18-10-14-11-19-21(7)15(14)20-16(22)23-17(4,5)6/h11-13,18H,8-10H2,1-7H3,(H,20,22). The van der Waals surface area contributed by atoms with Crippen LogP contribution in [0.3, 0.4) is 0 Å². The number of hydrogen-bond acceptors (Lipinski definition) is 4. The smallest absolute Gasteiger partial charge is 0.413 e. The van der Waals surface area contributed by atoms with E-state index in [4.69, 9.17) is 4.74 Å². The quantitative estimate of drug-likeness (QED) is 0.803. The van der Waals surface area contributed by atoms with Crippen molar-refractivity contribution in [1.29, 1.82) is 0 Å². The normalized spacial score (nSPS) is 13.2. The van der Waals surface area contributed by atoms with Crippen molar-refractivity contribution in [1.82, 2.24) is 15.1 Å². The molecule has 0 radical (unpaired) electrons. The summed E-state index contributed by atoms with van der Waals surface area (Å²) in [4.78, 5) is 12.0. The summed E-state index contributed by atoms with van der Waals surface area (Å²) in [7, 11) is 1.80. The summed E-state index contributed by atoms with van der Waals surface area (Å²) in [5, 5.41) is 10.5. The van der Waals surface area contributed by atoms with Gasteiger partial charge < -0.3 is 10.1 Å². The number of rotatable bonds is 7. The minimum absolute atomic E-state index is 0.423. The Morgan fingerprint density at radius 2 is 1.96 bits per heavy atom. The first-order chi connectivity index (χ1) is 10.6. The first kappa shape index (κ1) is 19.5. The van der Waals surface area contributed by atoms with Crippen molar-refractivity contribution in [3.05, 3.63) is 11.8 Å². The van der Waals surface area contributed by atoms with Gasteiger partial charge in [-0.25, -0.2) is 4.79 Å². The molecule has 1 amide bonds. The SMILES string of the molecule is CC(C)CCC(C)NCc1cnn(C)c1NC(=O)OC(C)(C)C. The Labute approximate surface area is 140 Å². The van der Waals surface area contributed by atoms with E-state index in [1.165, 1.54) is 6.42 Å². The zero-order chi connectivity index (χ0) is 17.6. The summed E-state index contributed by atoms with van der Waals surface area (Å²) in [6, 6.07) is 0.423. The first-order valence-electron chi connectivity index (χ1n) is 8.32. The number of hydrogen-bond donors (Lipinski definition) is 2. The lowest BCUT2D eigenvalue weighted by Gasteiger charge is -2.20. The Morgan fingerprint density at radius 1 is 1.30 bits per heavy atom. The molecule has 1 atom stereocenters. The summed E-state index contributed by atoms with van der Waals surface area (Å²) in [6.07, 6.45) is 3.64. The third-order valence-corrected chi connectivity index (χ3v) is 3.45. The molecule has 6 nitrogen and oxygen atoms in total. The topological polar surface area (TPSA) is 68.2 Å². The highest BCUT2D eigenvalue weighted by Crippen LogP contribution is 2.17. The fourth-order valence-electron chi connectivity index (χ4n) is 2.14. The molecule has 0 aliphatic heterocycles. The van der Waals surface area contributed by atoms with E-state index >= 15 is 0 Å². The molecule has 1 heterocycles. The van der Waals surface area contributed by atoms with Crippen molar-refractivity contribution in [2.45, 2.75) is 72.6 Å². The second-order valence-corrected chi connectivity index (χ2v) is 7.52. The van der Waals surface area contributed by atoms with Gasteiger partial charge in [-0.15, -0.1) is 0 Å². The average molecular weight is 324 g/mol. The van der Waals surface area contributed by atoms with Gasteiger partial charge in [0.15, 0.2) is 0 Å². The van der Waals surface area contributed by atoms with Crippen LogP contribution in [-0.2, 0) is 18.3 Å².